The third kappa shape index (κ3) is 3.25. The molecule has 0 radical (unpaired) electrons. The fourth-order valence-corrected chi connectivity index (χ4v) is 4.43. The molecule has 2 N–H and O–H groups in total. The Morgan fingerprint density at radius 3 is 2.33 bits per heavy atom. The van der Waals surface area contributed by atoms with Crippen molar-refractivity contribution in [3.05, 3.63) is 24.0 Å². The molecule has 9 heteroatoms. The van der Waals surface area contributed by atoms with Gasteiger partial charge in [0.05, 0.1) is 17.0 Å². The van der Waals surface area contributed by atoms with Crippen LogP contribution in [-0.4, -0.2) is 40.3 Å². The van der Waals surface area contributed by atoms with Gasteiger partial charge in [-0.3, -0.25) is 0 Å². The first-order valence-electron chi connectivity index (χ1n) is 6.24. The number of sulfonamides is 1. The van der Waals surface area contributed by atoms with Crippen LogP contribution in [-0.2, 0) is 19.9 Å². The summed E-state index contributed by atoms with van der Waals surface area (Å²) in [5.74, 6) is -1.04. The van der Waals surface area contributed by atoms with Gasteiger partial charge in [0.15, 0.2) is 9.84 Å². The lowest BCUT2D eigenvalue weighted by atomic mass is 9.78. The molecule has 0 bridgehead atoms. The zero-order valence-electron chi connectivity index (χ0n) is 11.3. The molecule has 1 aliphatic rings. The maximum atomic E-state index is 13.8. The molecule has 0 heterocycles. The van der Waals surface area contributed by atoms with Crippen LogP contribution in [0.3, 0.4) is 0 Å². The Bertz CT molecular complexity index is 748. The largest absolute Gasteiger partial charge is 0.394 e. The van der Waals surface area contributed by atoms with E-state index in [1.165, 1.54) is 0 Å². The summed E-state index contributed by atoms with van der Waals surface area (Å²) in [7, 11) is -7.91. The zero-order chi connectivity index (χ0) is 15.9. The minimum absolute atomic E-state index is 0.282. The number of hydrogen-bond donors (Lipinski definition) is 2. The highest BCUT2D eigenvalue weighted by Crippen LogP contribution is 2.33. The number of benzene rings is 1. The summed E-state index contributed by atoms with van der Waals surface area (Å²) >= 11 is 0. The van der Waals surface area contributed by atoms with E-state index in [-0.39, 0.29) is 11.5 Å². The van der Waals surface area contributed by atoms with Crippen molar-refractivity contribution in [2.24, 2.45) is 0 Å². The quantitative estimate of drug-likeness (QED) is 0.759. The van der Waals surface area contributed by atoms with Crippen LogP contribution >= 0.6 is 0 Å². The maximum absolute atomic E-state index is 13.8. The molecule has 1 aliphatic carbocycles. The molecule has 118 valence electrons. The van der Waals surface area contributed by atoms with E-state index in [1.54, 1.807) is 0 Å². The van der Waals surface area contributed by atoms with E-state index in [9.17, 15) is 26.3 Å². The molecule has 1 fully saturated rings. The molecule has 0 atom stereocenters. The normalized spacial score (nSPS) is 18.2. The first kappa shape index (κ1) is 16.3. The maximum Gasteiger partial charge on any atom is 0.244 e. The third-order valence-electron chi connectivity index (χ3n) is 3.58. The van der Waals surface area contributed by atoms with Crippen molar-refractivity contribution in [3.8, 4) is 0 Å². The highest BCUT2D eigenvalue weighted by molar-refractivity contribution is 7.91. The van der Waals surface area contributed by atoms with Crippen LogP contribution < -0.4 is 4.72 Å². The van der Waals surface area contributed by atoms with Crippen molar-refractivity contribution in [1.82, 2.24) is 4.72 Å². The Hall–Kier alpha value is -1.03. The van der Waals surface area contributed by atoms with E-state index >= 15 is 0 Å². The SMILES string of the molecule is CS(=O)(=O)c1ccc(F)c(S(=O)(=O)NC2(CO)CCC2)c1. The summed E-state index contributed by atoms with van der Waals surface area (Å²) in [6.07, 6.45) is 2.58. The summed E-state index contributed by atoms with van der Waals surface area (Å²) in [6, 6.07) is 2.60. The monoisotopic (exact) mass is 337 g/mol. The van der Waals surface area contributed by atoms with Gasteiger partial charge in [-0.2, -0.15) is 0 Å². The first-order valence-corrected chi connectivity index (χ1v) is 9.62. The second-order valence-corrected chi connectivity index (χ2v) is 8.93. The predicted molar refractivity (Wildman–Crippen MR) is 73.5 cm³/mol. The van der Waals surface area contributed by atoms with Crippen molar-refractivity contribution in [3.63, 3.8) is 0 Å². The van der Waals surface area contributed by atoms with Crippen LogP contribution in [0.5, 0.6) is 0 Å². The summed E-state index contributed by atoms with van der Waals surface area (Å²) in [5, 5.41) is 9.28. The van der Waals surface area contributed by atoms with E-state index in [2.05, 4.69) is 4.72 Å². The lowest BCUT2D eigenvalue weighted by Gasteiger charge is -2.40. The van der Waals surface area contributed by atoms with Gasteiger partial charge in [-0.05, 0) is 37.5 Å². The molecular weight excluding hydrogens is 321 g/mol. The molecule has 0 saturated heterocycles. The third-order valence-corrected chi connectivity index (χ3v) is 6.29. The molecule has 2 rings (SSSR count). The molecule has 0 spiro atoms. The molecule has 21 heavy (non-hydrogen) atoms. The van der Waals surface area contributed by atoms with Crippen molar-refractivity contribution < 1.29 is 26.3 Å². The van der Waals surface area contributed by atoms with E-state index in [0.717, 1.165) is 30.9 Å². The van der Waals surface area contributed by atoms with E-state index in [4.69, 9.17) is 0 Å². The predicted octanol–water partition coefficient (Wildman–Crippen LogP) is 0.422. The number of sulfone groups is 1. The van der Waals surface area contributed by atoms with Crippen LogP contribution in [0, 0.1) is 5.82 Å². The van der Waals surface area contributed by atoms with Gasteiger partial charge in [-0.25, -0.2) is 25.9 Å². The minimum Gasteiger partial charge on any atom is -0.394 e. The molecule has 6 nitrogen and oxygen atoms in total. The van der Waals surface area contributed by atoms with Crippen molar-refractivity contribution in [1.29, 1.82) is 0 Å². The van der Waals surface area contributed by atoms with Gasteiger partial charge in [-0.1, -0.05) is 0 Å². The van der Waals surface area contributed by atoms with Crippen LogP contribution in [0.15, 0.2) is 28.0 Å². The molecular formula is C12H16FNO5S2. The minimum atomic E-state index is -4.25. The number of hydrogen-bond acceptors (Lipinski definition) is 5. The van der Waals surface area contributed by atoms with Crippen LogP contribution in [0.2, 0.25) is 0 Å². The second-order valence-electron chi connectivity index (χ2n) is 5.26. The fraction of sp³-hybridized carbons (Fsp3) is 0.500. The molecule has 1 saturated carbocycles. The number of nitrogens with one attached hydrogen (secondary N) is 1. The molecule has 0 unspecified atom stereocenters. The van der Waals surface area contributed by atoms with Crippen molar-refractivity contribution in [2.75, 3.05) is 12.9 Å². The van der Waals surface area contributed by atoms with Gasteiger partial charge in [-0.15, -0.1) is 0 Å². The van der Waals surface area contributed by atoms with Gasteiger partial charge < -0.3 is 5.11 Å². The lowest BCUT2D eigenvalue weighted by Crippen LogP contribution is -2.56. The number of halogens is 1. The van der Waals surface area contributed by atoms with E-state index < -0.39 is 36.1 Å². The molecule has 0 aromatic heterocycles. The highest BCUT2D eigenvalue weighted by atomic mass is 32.2. The van der Waals surface area contributed by atoms with Gasteiger partial charge in [0.1, 0.15) is 10.7 Å². The summed E-state index contributed by atoms with van der Waals surface area (Å²) in [5.41, 5.74) is -0.980. The molecule has 1 aromatic carbocycles. The second kappa shape index (κ2) is 5.31. The Balaban J connectivity index is 2.45. The van der Waals surface area contributed by atoms with Crippen molar-refractivity contribution >= 4 is 19.9 Å². The van der Waals surface area contributed by atoms with Gasteiger partial charge >= 0.3 is 0 Å². The van der Waals surface area contributed by atoms with Gasteiger partial charge in [0.25, 0.3) is 0 Å². The molecule has 0 aliphatic heterocycles. The summed E-state index contributed by atoms with van der Waals surface area (Å²) < 4.78 is 63.5. The van der Waals surface area contributed by atoms with E-state index in [1.807, 2.05) is 0 Å². The lowest BCUT2D eigenvalue weighted by molar-refractivity contribution is 0.110. The average Bonchev–Trinajstić information content (AvgIpc) is 2.32. The fourth-order valence-electron chi connectivity index (χ4n) is 2.16. The van der Waals surface area contributed by atoms with E-state index in [0.29, 0.717) is 12.8 Å². The topological polar surface area (TPSA) is 101 Å². The smallest absolute Gasteiger partial charge is 0.244 e. The van der Waals surface area contributed by atoms with Crippen LogP contribution in [0.4, 0.5) is 4.39 Å². The Morgan fingerprint density at radius 1 is 1.29 bits per heavy atom. The standard InChI is InChI=1S/C12H16FNO5S2/c1-20(16,17)9-3-4-10(13)11(7-9)21(18,19)14-12(8-15)5-2-6-12/h3-4,7,14-15H,2,5-6,8H2,1H3. The summed E-state index contributed by atoms with van der Waals surface area (Å²) in [6.45, 7) is -0.389. The molecule has 0 amide bonds. The van der Waals surface area contributed by atoms with Gasteiger partial charge in [0.2, 0.25) is 10.0 Å². The number of aliphatic hydroxyl groups is 1. The Morgan fingerprint density at radius 2 is 1.90 bits per heavy atom. The number of aliphatic hydroxyl groups excluding tert-OH is 1. The molecule has 1 aromatic rings. The summed E-state index contributed by atoms with van der Waals surface area (Å²) in [4.78, 5) is -1.01. The van der Waals surface area contributed by atoms with Crippen LogP contribution in [0.25, 0.3) is 0 Å². The zero-order valence-corrected chi connectivity index (χ0v) is 13.0. The van der Waals surface area contributed by atoms with Crippen LogP contribution in [0.1, 0.15) is 19.3 Å². The Labute approximate surface area is 123 Å². The number of rotatable bonds is 5. The highest BCUT2D eigenvalue weighted by Gasteiger charge is 2.41. The van der Waals surface area contributed by atoms with Crippen molar-refractivity contribution in [2.45, 2.75) is 34.6 Å². The average molecular weight is 337 g/mol. The Kier molecular flexibility index (Phi) is 4.13. The first-order chi connectivity index (χ1) is 9.60. The van der Waals surface area contributed by atoms with Gasteiger partial charge in [0, 0.05) is 6.26 Å².